The number of hydrogen-bond acceptors (Lipinski definition) is 2. The van der Waals surface area contributed by atoms with Gasteiger partial charge in [0.1, 0.15) is 6.54 Å². The highest BCUT2D eigenvalue weighted by molar-refractivity contribution is 5.80. The number of carboxylic acids is 1. The summed E-state index contributed by atoms with van der Waals surface area (Å²) in [6.45, 7) is -0.191. The van der Waals surface area contributed by atoms with Gasteiger partial charge in [-0.1, -0.05) is 32.1 Å². The fourth-order valence-electron chi connectivity index (χ4n) is 2.29. The summed E-state index contributed by atoms with van der Waals surface area (Å²) in [5, 5.41) is 8.56. The zero-order valence-electron chi connectivity index (χ0n) is 9.95. The van der Waals surface area contributed by atoms with Gasteiger partial charge in [-0.25, -0.2) is 0 Å². The molecule has 0 spiro atoms. The van der Waals surface area contributed by atoms with E-state index in [-0.39, 0.29) is 12.5 Å². The summed E-state index contributed by atoms with van der Waals surface area (Å²) >= 11 is 0. The maximum Gasteiger partial charge on any atom is 0.323 e. The molecule has 1 N–H and O–H groups in total. The maximum absolute atomic E-state index is 11.6. The molecule has 1 aliphatic rings. The molecule has 0 atom stereocenters. The van der Waals surface area contributed by atoms with Gasteiger partial charge in [0.15, 0.2) is 0 Å². The van der Waals surface area contributed by atoms with Gasteiger partial charge in [0.25, 0.3) is 0 Å². The minimum Gasteiger partial charge on any atom is -0.480 e. The average molecular weight is 227 g/mol. The molecule has 0 saturated heterocycles. The van der Waals surface area contributed by atoms with Crippen molar-refractivity contribution in [3.63, 3.8) is 0 Å². The first-order valence-corrected chi connectivity index (χ1v) is 6.05. The van der Waals surface area contributed by atoms with Gasteiger partial charge >= 0.3 is 5.97 Å². The Morgan fingerprint density at radius 1 is 1.25 bits per heavy atom. The van der Waals surface area contributed by atoms with Gasteiger partial charge in [-0.15, -0.1) is 0 Å². The number of carbonyl (C=O) groups is 2. The highest BCUT2D eigenvalue weighted by Gasteiger charge is 2.17. The Hall–Kier alpha value is -1.06. The smallest absolute Gasteiger partial charge is 0.323 e. The molecule has 1 fully saturated rings. The van der Waals surface area contributed by atoms with Crippen molar-refractivity contribution in [3.8, 4) is 0 Å². The zero-order chi connectivity index (χ0) is 12.0. The number of hydrogen-bond donors (Lipinski definition) is 1. The molecule has 0 unspecified atom stereocenters. The molecule has 16 heavy (non-hydrogen) atoms. The number of amides is 1. The Morgan fingerprint density at radius 2 is 1.88 bits per heavy atom. The van der Waals surface area contributed by atoms with E-state index in [0.29, 0.717) is 12.3 Å². The second kappa shape index (κ2) is 6.51. The number of nitrogens with zero attached hydrogens (tertiary/aromatic N) is 1. The lowest BCUT2D eigenvalue weighted by Crippen LogP contribution is -2.32. The molecule has 92 valence electrons. The third kappa shape index (κ3) is 4.64. The van der Waals surface area contributed by atoms with Crippen LogP contribution in [0, 0.1) is 5.92 Å². The highest BCUT2D eigenvalue weighted by atomic mass is 16.4. The van der Waals surface area contributed by atoms with Crippen LogP contribution < -0.4 is 0 Å². The van der Waals surface area contributed by atoms with Gasteiger partial charge in [-0.05, 0) is 12.3 Å². The van der Waals surface area contributed by atoms with Crippen molar-refractivity contribution in [3.05, 3.63) is 0 Å². The van der Waals surface area contributed by atoms with Crippen molar-refractivity contribution in [1.82, 2.24) is 4.90 Å². The molecular formula is C12H21NO3. The van der Waals surface area contributed by atoms with Crippen molar-refractivity contribution in [2.45, 2.75) is 44.9 Å². The van der Waals surface area contributed by atoms with E-state index in [1.807, 2.05) is 0 Å². The van der Waals surface area contributed by atoms with E-state index in [4.69, 9.17) is 5.11 Å². The molecule has 4 heteroatoms. The van der Waals surface area contributed by atoms with E-state index in [2.05, 4.69) is 0 Å². The van der Waals surface area contributed by atoms with E-state index >= 15 is 0 Å². The number of likely N-dealkylation sites (N-methyl/N-ethyl adjacent to an activating group) is 1. The number of carbonyl (C=O) groups excluding carboxylic acids is 1. The quantitative estimate of drug-likeness (QED) is 0.780. The summed E-state index contributed by atoms with van der Waals surface area (Å²) in [6.07, 6.45) is 7.76. The van der Waals surface area contributed by atoms with Gasteiger partial charge in [0, 0.05) is 13.5 Å². The molecule has 0 aromatic heterocycles. The Bertz CT molecular complexity index is 247. The minimum atomic E-state index is -0.950. The van der Waals surface area contributed by atoms with E-state index in [1.165, 1.54) is 37.0 Å². The molecule has 0 bridgehead atoms. The molecule has 1 aliphatic carbocycles. The van der Waals surface area contributed by atoms with Gasteiger partial charge in [-0.3, -0.25) is 9.59 Å². The van der Waals surface area contributed by atoms with Crippen LogP contribution in [-0.4, -0.2) is 35.5 Å². The van der Waals surface area contributed by atoms with Crippen molar-refractivity contribution in [1.29, 1.82) is 0 Å². The Kier molecular flexibility index (Phi) is 5.29. The first-order chi connectivity index (χ1) is 7.59. The largest absolute Gasteiger partial charge is 0.480 e. The van der Waals surface area contributed by atoms with Crippen LogP contribution in [0.25, 0.3) is 0 Å². The van der Waals surface area contributed by atoms with Crippen LogP contribution in [0.4, 0.5) is 0 Å². The first kappa shape index (κ1) is 13.0. The fraction of sp³-hybridized carbons (Fsp3) is 0.833. The molecule has 1 amide bonds. The standard InChI is InChI=1S/C12H21NO3/c1-13(9-12(15)16)11(14)8-7-10-5-3-2-4-6-10/h10H,2-9H2,1H3,(H,15,16). The minimum absolute atomic E-state index is 0.0482. The number of rotatable bonds is 5. The second-order valence-electron chi connectivity index (χ2n) is 4.69. The van der Waals surface area contributed by atoms with Crippen LogP contribution in [-0.2, 0) is 9.59 Å². The summed E-state index contributed by atoms with van der Waals surface area (Å²) in [6, 6.07) is 0. The zero-order valence-corrected chi connectivity index (χ0v) is 9.95. The van der Waals surface area contributed by atoms with E-state index in [1.54, 1.807) is 7.05 Å². The van der Waals surface area contributed by atoms with E-state index in [9.17, 15) is 9.59 Å². The van der Waals surface area contributed by atoms with Gasteiger partial charge < -0.3 is 10.0 Å². The van der Waals surface area contributed by atoms with Gasteiger partial charge in [-0.2, -0.15) is 0 Å². The van der Waals surface area contributed by atoms with Crippen LogP contribution in [0.3, 0.4) is 0 Å². The highest BCUT2D eigenvalue weighted by Crippen LogP contribution is 2.27. The number of carboxylic acid groups (broad SMARTS) is 1. The third-order valence-electron chi connectivity index (χ3n) is 3.29. The van der Waals surface area contributed by atoms with Gasteiger partial charge in [0.05, 0.1) is 0 Å². The predicted octanol–water partition coefficient (Wildman–Crippen LogP) is 1.89. The van der Waals surface area contributed by atoms with E-state index in [0.717, 1.165) is 6.42 Å². The van der Waals surface area contributed by atoms with Crippen molar-refractivity contribution in [2.75, 3.05) is 13.6 Å². The summed E-state index contributed by atoms with van der Waals surface area (Å²) in [5.41, 5.74) is 0. The molecule has 1 rings (SSSR count). The molecule has 0 aromatic rings. The van der Waals surface area contributed by atoms with Crippen LogP contribution in [0.1, 0.15) is 44.9 Å². The molecule has 0 aromatic carbocycles. The predicted molar refractivity (Wildman–Crippen MR) is 61.1 cm³/mol. The average Bonchev–Trinajstić information content (AvgIpc) is 2.26. The molecular weight excluding hydrogens is 206 g/mol. The second-order valence-corrected chi connectivity index (χ2v) is 4.69. The lowest BCUT2D eigenvalue weighted by molar-refractivity contribution is -0.143. The molecule has 0 aliphatic heterocycles. The van der Waals surface area contributed by atoms with Crippen molar-refractivity contribution in [2.24, 2.45) is 5.92 Å². The monoisotopic (exact) mass is 227 g/mol. The molecule has 1 saturated carbocycles. The Balaban J connectivity index is 2.20. The number of aliphatic carboxylic acids is 1. The summed E-state index contributed by atoms with van der Waals surface area (Å²) in [5.74, 6) is -0.322. The summed E-state index contributed by atoms with van der Waals surface area (Å²) in [4.78, 5) is 23.3. The Labute approximate surface area is 96.6 Å². The lowest BCUT2D eigenvalue weighted by atomic mass is 9.86. The van der Waals surface area contributed by atoms with Crippen molar-refractivity contribution < 1.29 is 14.7 Å². The topological polar surface area (TPSA) is 57.6 Å². The Morgan fingerprint density at radius 3 is 2.44 bits per heavy atom. The third-order valence-corrected chi connectivity index (χ3v) is 3.29. The summed E-state index contributed by atoms with van der Waals surface area (Å²) < 4.78 is 0. The molecule has 0 heterocycles. The SMILES string of the molecule is CN(CC(=O)O)C(=O)CCC1CCCCC1. The van der Waals surface area contributed by atoms with Gasteiger partial charge in [0.2, 0.25) is 5.91 Å². The van der Waals surface area contributed by atoms with Crippen LogP contribution in [0.2, 0.25) is 0 Å². The summed E-state index contributed by atoms with van der Waals surface area (Å²) in [7, 11) is 1.55. The van der Waals surface area contributed by atoms with E-state index < -0.39 is 5.97 Å². The molecule has 0 radical (unpaired) electrons. The maximum atomic E-state index is 11.6. The lowest BCUT2D eigenvalue weighted by Gasteiger charge is -2.22. The fourth-order valence-corrected chi connectivity index (χ4v) is 2.29. The molecule has 4 nitrogen and oxygen atoms in total. The normalized spacial score (nSPS) is 17.1. The van der Waals surface area contributed by atoms with Crippen LogP contribution in [0.5, 0.6) is 0 Å². The van der Waals surface area contributed by atoms with Crippen molar-refractivity contribution >= 4 is 11.9 Å². The van der Waals surface area contributed by atoms with Crippen LogP contribution in [0.15, 0.2) is 0 Å². The first-order valence-electron chi connectivity index (χ1n) is 6.05. The van der Waals surface area contributed by atoms with Crippen LogP contribution >= 0.6 is 0 Å².